The van der Waals surface area contributed by atoms with E-state index in [9.17, 15) is 18.0 Å². The fourth-order valence-corrected chi connectivity index (χ4v) is 5.45. The molecule has 33 heavy (non-hydrogen) atoms. The minimum Gasteiger partial charge on any atom is -0.454 e. The molecule has 1 aromatic heterocycles. The van der Waals surface area contributed by atoms with Gasteiger partial charge in [0.1, 0.15) is 0 Å². The van der Waals surface area contributed by atoms with E-state index in [4.69, 9.17) is 14.2 Å². The lowest BCUT2D eigenvalue weighted by Crippen LogP contribution is -2.40. The lowest BCUT2D eigenvalue weighted by Gasteiger charge is -2.26. The predicted octanol–water partition coefficient (Wildman–Crippen LogP) is 2.37. The van der Waals surface area contributed by atoms with E-state index in [0.717, 1.165) is 11.4 Å². The van der Waals surface area contributed by atoms with Crippen molar-refractivity contribution in [2.75, 3.05) is 46.6 Å². The maximum absolute atomic E-state index is 12.7. The maximum atomic E-state index is 12.7. The monoisotopic (exact) mass is 478 g/mol. The van der Waals surface area contributed by atoms with Crippen molar-refractivity contribution < 1.29 is 32.2 Å². The van der Waals surface area contributed by atoms with Crippen LogP contribution in [0.3, 0.4) is 0 Å². The van der Waals surface area contributed by atoms with Crippen LogP contribution in [0.1, 0.15) is 45.1 Å². The van der Waals surface area contributed by atoms with E-state index in [1.807, 2.05) is 25.3 Å². The molecule has 0 aliphatic carbocycles. The molecule has 1 aliphatic heterocycles. The number of ether oxygens (including phenoxy) is 3. The van der Waals surface area contributed by atoms with Crippen LogP contribution in [0.5, 0.6) is 0 Å². The number of sulfonamides is 1. The number of ketones is 1. The summed E-state index contributed by atoms with van der Waals surface area (Å²) in [6.45, 7) is 7.15. The molecule has 0 radical (unpaired) electrons. The number of methoxy groups -OCH3 is 1. The van der Waals surface area contributed by atoms with Crippen LogP contribution in [0.25, 0.3) is 0 Å². The van der Waals surface area contributed by atoms with Crippen molar-refractivity contribution in [1.82, 2.24) is 8.87 Å². The third-order valence-electron chi connectivity index (χ3n) is 5.67. The van der Waals surface area contributed by atoms with E-state index < -0.39 is 22.6 Å². The molecule has 0 N–H and O–H groups in total. The molecular weight excluding hydrogens is 448 g/mol. The van der Waals surface area contributed by atoms with Crippen LogP contribution in [0, 0.1) is 13.8 Å². The van der Waals surface area contributed by atoms with Crippen LogP contribution in [0.2, 0.25) is 0 Å². The zero-order valence-corrected chi connectivity index (χ0v) is 20.2. The summed E-state index contributed by atoms with van der Waals surface area (Å²) in [4.78, 5) is 25.2. The third kappa shape index (κ3) is 5.52. The molecule has 1 unspecified atom stereocenters. The molecule has 0 bridgehead atoms. The summed E-state index contributed by atoms with van der Waals surface area (Å²) in [6, 6.07) is 7.35. The second-order valence-corrected chi connectivity index (χ2v) is 9.94. The van der Waals surface area contributed by atoms with Crippen LogP contribution in [-0.2, 0) is 24.2 Å². The first kappa shape index (κ1) is 25.1. The molecule has 9 nitrogen and oxygen atoms in total. The molecule has 180 valence electrons. The SMILES string of the molecule is COCC(C)n1c(C)cc(C(=O)COC(=O)c2ccc(S(=O)(=O)N3CCOCC3)cc2)c1C. The Kier molecular flexibility index (Phi) is 8.06. The predicted molar refractivity (Wildman–Crippen MR) is 121 cm³/mol. The number of Topliss-reactive ketones (excluding diaryl/α,β-unsaturated/α-hetero) is 1. The van der Waals surface area contributed by atoms with Gasteiger partial charge in [-0.3, -0.25) is 4.79 Å². The van der Waals surface area contributed by atoms with E-state index in [-0.39, 0.29) is 22.3 Å². The Morgan fingerprint density at radius 3 is 2.36 bits per heavy atom. The normalized spacial score (nSPS) is 15.9. The van der Waals surface area contributed by atoms with Gasteiger partial charge < -0.3 is 18.8 Å². The second kappa shape index (κ2) is 10.6. The molecule has 1 aliphatic rings. The maximum Gasteiger partial charge on any atom is 0.338 e. The standard InChI is InChI=1S/C23H30N2O7S/c1-16-13-21(18(3)25(16)17(2)14-30-4)22(26)15-32-23(27)19-5-7-20(8-6-19)33(28,29)24-9-11-31-12-10-24/h5-8,13,17H,9-12,14-15H2,1-4H3. The van der Waals surface area contributed by atoms with Gasteiger partial charge in [-0.25, -0.2) is 13.2 Å². The van der Waals surface area contributed by atoms with Crippen LogP contribution in [0.15, 0.2) is 35.2 Å². The van der Waals surface area contributed by atoms with Gasteiger partial charge >= 0.3 is 5.97 Å². The Morgan fingerprint density at radius 1 is 1.12 bits per heavy atom. The number of hydrogen-bond donors (Lipinski definition) is 0. The number of aromatic nitrogens is 1. The Balaban J connectivity index is 1.64. The van der Waals surface area contributed by atoms with Gasteiger partial charge in [0.25, 0.3) is 0 Å². The van der Waals surface area contributed by atoms with E-state index >= 15 is 0 Å². The van der Waals surface area contributed by atoms with Crippen LogP contribution in [0.4, 0.5) is 0 Å². The number of esters is 1. The molecular formula is C23H30N2O7S. The lowest BCUT2D eigenvalue weighted by atomic mass is 10.1. The topological polar surface area (TPSA) is 104 Å². The number of carbonyl (C=O) groups excluding carboxylic acids is 2. The quantitative estimate of drug-likeness (QED) is 0.403. The number of aryl methyl sites for hydroxylation is 1. The molecule has 0 spiro atoms. The van der Waals surface area contributed by atoms with Gasteiger partial charge in [0.2, 0.25) is 15.8 Å². The molecule has 1 aromatic carbocycles. The van der Waals surface area contributed by atoms with Crippen LogP contribution in [-0.4, -0.2) is 75.7 Å². The fraction of sp³-hybridized carbons (Fsp3) is 0.478. The Morgan fingerprint density at radius 2 is 1.76 bits per heavy atom. The summed E-state index contributed by atoms with van der Waals surface area (Å²) < 4.78 is 44.4. The van der Waals surface area contributed by atoms with Crippen molar-refractivity contribution in [2.24, 2.45) is 0 Å². The van der Waals surface area contributed by atoms with Crippen LogP contribution < -0.4 is 0 Å². The summed E-state index contributed by atoms with van der Waals surface area (Å²) in [5, 5.41) is 0. The number of carbonyl (C=O) groups is 2. The molecule has 1 fully saturated rings. The minimum atomic E-state index is -3.65. The Bertz CT molecular complexity index is 1100. The molecule has 3 rings (SSSR count). The summed E-state index contributed by atoms with van der Waals surface area (Å²) in [5.41, 5.74) is 2.37. The number of nitrogens with zero attached hydrogens (tertiary/aromatic N) is 2. The molecule has 1 saturated heterocycles. The van der Waals surface area contributed by atoms with E-state index in [0.29, 0.717) is 38.5 Å². The van der Waals surface area contributed by atoms with Gasteiger partial charge in [-0.15, -0.1) is 0 Å². The molecule has 10 heteroatoms. The highest BCUT2D eigenvalue weighted by Gasteiger charge is 2.26. The highest BCUT2D eigenvalue weighted by molar-refractivity contribution is 7.89. The Hall–Kier alpha value is -2.53. The summed E-state index contributed by atoms with van der Waals surface area (Å²) in [5.74, 6) is -1.00. The molecule has 0 amide bonds. The van der Waals surface area contributed by atoms with E-state index in [1.165, 1.54) is 28.6 Å². The highest BCUT2D eigenvalue weighted by Crippen LogP contribution is 2.22. The summed E-state index contributed by atoms with van der Waals surface area (Å²) in [6.07, 6.45) is 0. The second-order valence-electron chi connectivity index (χ2n) is 8.00. The smallest absolute Gasteiger partial charge is 0.338 e. The Labute approximate surface area is 194 Å². The third-order valence-corrected chi connectivity index (χ3v) is 7.58. The molecule has 2 heterocycles. The van der Waals surface area contributed by atoms with E-state index in [1.54, 1.807) is 13.2 Å². The summed E-state index contributed by atoms with van der Waals surface area (Å²) in [7, 11) is -2.02. The van der Waals surface area contributed by atoms with Gasteiger partial charge in [0.05, 0.1) is 36.3 Å². The first-order valence-electron chi connectivity index (χ1n) is 10.7. The lowest BCUT2D eigenvalue weighted by molar-refractivity contribution is 0.0474. The molecule has 0 saturated carbocycles. The van der Waals surface area contributed by atoms with Crippen molar-refractivity contribution in [3.05, 3.63) is 52.8 Å². The number of benzene rings is 1. The van der Waals surface area contributed by atoms with Gasteiger partial charge in [-0.2, -0.15) is 4.31 Å². The summed E-state index contributed by atoms with van der Waals surface area (Å²) >= 11 is 0. The average Bonchev–Trinajstić information content (AvgIpc) is 3.12. The first-order valence-corrected chi connectivity index (χ1v) is 12.2. The van der Waals surface area contributed by atoms with Crippen molar-refractivity contribution >= 4 is 21.8 Å². The van der Waals surface area contributed by atoms with Gasteiger partial charge in [0, 0.05) is 37.2 Å². The van der Waals surface area contributed by atoms with Crippen molar-refractivity contribution in [2.45, 2.75) is 31.7 Å². The largest absolute Gasteiger partial charge is 0.454 e. The van der Waals surface area contributed by atoms with Gasteiger partial charge in [-0.05, 0) is 51.1 Å². The van der Waals surface area contributed by atoms with Crippen molar-refractivity contribution in [3.8, 4) is 0 Å². The fourth-order valence-electron chi connectivity index (χ4n) is 4.04. The number of morpholine rings is 1. The van der Waals surface area contributed by atoms with Gasteiger partial charge in [-0.1, -0.05) is 0 Å². The minimum absolute atomic E-state index is 0.0614. The van der Waals surface area contributed by atoms with E-state index in [2.05, 4.69) is 0 Å². The van der Waals surface area contributed by atoms with Crippen molar-refractivity contribution in [3.63, 3.8) is 0 Å². The van der Waals surface area contributed by atoms with Gasteiger partial charge in [0.15, 0.2) is 6.61 Å². The molecule has 1 atom stereocenters. The average molecular weight is 479 g/mol. The zero-order chi connectivity index (χ0) is 24.2. The first-order chi connectivity index (χ1) is 15.7. The number of hydrogen-bond acceptors (Lipinski definition) is 7. The number of rotatable bonds is 9. The molecule has 2 aromatic rings. The van der Waals surface area contributed by atoms with Crippen LogP contribution >= 0.6 is 0 Å². The highest BCUT2D eigenvalue weighted by atomic mass is 32.2. The zero-order valence-electron chi connectivity index (χ0n) is 19.4. The van der Waals surface area contributed by atoms with Crippen molar-refractivity contribution in [1.29, 1.82) is 0 Å².